The minimum absolute atomic E-state index is 0.0916. The van der Waals surface area contributed by atoms with Crippen LogP contribution in [0.3, 0.4) is 0 Å². The fourth-order valence-corrected chi connectivity index (χ4v) is 3.36. The summed E-state index contributed by atoms with van der Waals surface area (Å²) in [6.07, 6.45) is -2.08. The smallest absolute Gasteiger partial charge is 0.286 e. The van der Waals surface area contributed by atoms with Crippen molar-refractivity contribution in [1.29, 1.82) is 5.26 Å². The van der Waals surface area contributed by atoms with Crippen molar-refractivity contribution in [3.8, 4) is 17.9 Å². The molecule has 0 aromatic carbocycles. The lowest BCUT2D eigenvalue weighted by molar-refractivity contribution is -0.00300. The summed E-state index contributed by atoms with van der Waals surface area (Å²) in [4.78, 5) is 24.6. The number of ether oxygens (including phenoxy) is 1. The van der Waals surface area contributed by atoms with Crippen molar-refractivity contribution in [3.05, 3.63) is 55.4 Å². The van der Waals surface area contributed by atoms with Crippen LogP contribution in [0.2, 0.25) is 0 Å². The van der Waals surface area contributed by atoms with E-state index in [0.29, 0.717) is 23.3 Å². The number of nitrogens with zero attached hydrogens (tertiary/aromatic N) is 2. The van der Waals surface area contributed by atoms with Gasteiger partial charge in [0.05, 0.1) is 36.1 Å². The van der Waals surface area contributed by atoms with Gasteiger partial charge < -0.3 is 9.30 Å². The highest BCUT2D eigenvalue weighted by atomic mass is 32.1. The highest BCUT2D eigenvalue weighted by Gasteiger charge is 2.18. The number of thiophene rings is 1. The van der Waals surface area contributed by atoms with E-state index in [4.69, 9.17) is 4.74 Å². The Hall–Kier alpha value is -2.88. The number of rotatable bonds is 5. The molecule has 2 aromatic heterocycles. The summed E-state index contributed by atoms with van der Waals surface area (Å²) < 4.78 is 44.4. The van der Waals surface area contributed by atoms with Gasteiger partial charge in [-0.1, -0.05) is 11.8 Å². The fourth-order valence-electron chi connectivity index (χ4n) is 2.51. The Labute approximate surface area is 162 Å². The molecule has 3 rings (SSSR count). The molecule has 0 atom stereocenters. The summed E-state index contributed by atoms with van der Waals surface area (Å²) in [5, 5.41) is 9.22. The third-order valence-electron chi connectivity index (χ3n) is 3.96. The molecule has 0 radical (unpaired) electrons. The van der Waals surface area contributed by atoms with Crippen LogP contribution >= 0.6 is 11.3 Å². The first-order chi connectivity index (χ1) is 13.4. The number of hydrogen-bond donors (Lipinski definition) is 0. The molecule has 144 valence electrons. The van der Waals surface area contributed by atoms with Gasteiger partial charge >= 0.3 is 0 Å². The maximum Gasteiger partial charge on any atom is 0.286 e. The normalized spacial score (nSPS) is 13.5. The summed E-state index contributed by atoms with van der Waals surface area (Å²) in [7, 11) is 0. The van der Waals surface area contributed by atoms with Crippen LogP contribution in [-0.2, 0) is 17.7 Å². The number of hydrogen-bond acceptors (Lipinski definition) is 5. The third-order valence-corrected chi connectivity index (χ3v) is 5.04. The van der Waals surface area contributed by atoms with Gasteiger partial charge in [-0.2, -0.15) is 5.26 Å². The van der Waals surface area contributed by atoms with Gasteiger partial charge in [0.15, 0.2) is 11.6 Å². The van der Waals surface area contributed by atoms with E-state index in [9.17, 15) is 28.0 Å². The number of aromatic nitrogens is 1. The number of ketones is 1. The van der Waals surface area contributed by atoms with Crippen LogP contribution < -0.4 is 5.56 Å². The highest BCUT2D eigenvalue weighted by molar-refractivity contribution is 7.14. The van der Waals surface area contributed by atoms with Gasteiger partial charge in [0.2, 0.25) is 0 Å². The Morgan fingerprint density at radius 2 is 2.14 bits per heavy atom. The van der Waals surface area contributed by atoms with E-state index >= 15 is 0 Å². The van der Waals surface area contributed by atoms with Gasteiger partial charge in [-0.15, -0.1) is 11.3 Å². The average molecular weight is 406 g/mol. The molecule has 5 nitrogen and oxygen atoms in total. The van der Waals surface area contributed by atoms with Crippen LogP contribution in [0.25, 0.3) is 0 Å². The first kappa shape index (κ1) is 19.9. The first-order valence-corrected chi connectivity index (χ1v) is 9.02. The van der Waals surface area contributed by atoms with Crippen molar-refractivity contribution < 1.29 is 22.7 Å². The summed E-state index contributed by atoms with van der Waals surface area (Å²) in [5.41, 5.74) is -0.651. The van der Waals surface area contributed by atoms with E-state index in [0.717, 1.165) is 23.6 Å². The second-order valence-corrected chi connectivity index (χ2v) is 7.17. The monoisotopic (exact) mass is 406 g/mol. The summed E-state index contributed by atoms with van der Waals surface area (Å²) in [6, 6.07) is 4.33. The van der Waals surface area contributed by atoms with Crippen molar-refractivity contribution >= 4 is 17.1 Å². The van der Waals surface area contributed by atoms with Crippen molar-refractivity contribution in [3.63, 3.8) is 0 Å². The fraction of sp³-hybridized carbons (Fsp3) is 0.316. The predicted octanol–water partition coefficient (Wildman–Crippen LogP) is 2.61. The lowest BCUT2D eigenvalue weighted by Crippen LogP contribution is -2.26. The van der Waals surface area contributed by atoms with Crippen molar-refractivity contribution in [2.45, 2.75) is 19.4 Å². The molecule has 3 heterocycles. The second kappa shape index (κ2) is 8.42. The molecule has 2 aromatic rings. The first-order valence-electron chi connectivity index (χ1n) is 8.20. The minimum Gasteiger partial charge on any atom is -0.379 e. The Bertz CT molecular complexity index is 1070. The van der Waals surface area contributed by atoms with Crippen LogP contribution in [0.4, 0.5) is 13.2 Å². The van der Waals surface area contributed by atoms with Gasteiger partial charge in [0, 0.05) is 12.6 Å². The minimum atomic E-state index is -2.83. The van der Waals surface area contributed by atoms with E-state index < -0.39 is 30.1 Å². The molecule has 1 aliphatic rings. The van der Waals surface area contributed by atoms with Crippen LogP contribution in [0, 0.1) is 34.9 Å². The van der Waals surface area contributed by atoms with E-state index in [1.807, 2.05) is 6.07 Å². The van der Waals surface area contributed by atoms with Crippen molar-refractivity contribution in [2.24, 2.45) is 5.92 Å². The lowest BCUT2D eigenvalue weighted by atomic mass is 10.1. The number of halogens is 3. The second-order valence-electron chi connectivity index (χ2n) is 6.11. The zero-order valence-corrected chi connectivity index (χ0v) is 15.2. The molecule has 0 N–H and O–H groups in total. The molecule has 0 bridgehead atoms. The Kier molecular flexibility index (Phi) is 5.98. The zero-order valence-electron chi connectivity index (χ0n) is 14.4. The largest absolute Gasteiger partial charge is 0.379 e. The van der Waals surface area contributed by atoms with Crippen molar-refractivity contribution in [1.82, 2.24) is 4.57 Å². The molecule has 0 spiro atoms. The number of pyridine rings is 1. The van der Waals surface area contributed by atoms with Crippen LogP contribution in [-0.4, -0.2) is 30.0 Å². The molecule has 9 heteroatoms. The summed E-state index contributed by atoms with van der Waals surface area (Å²) in [6.45, 7) is 0.107. The van der Waals surface area contributed by atoms with Gasteiger partial charge in [0.1, 0.15) is 10.9 Å². The number of carbonyl (C=O) groups is 1. The standard InChI is InChI=1S/C19H13F3N2O3S/c20-14-3-12(7-24(19(14)26)8-18(21)22)4-15(25)16-5-13(17(6-23)28-16)2-1-11-9-27-10-11/h3,5,7,11,18H,4,8-10H2. The van der Waals surface area contributed by atoms with Crippen LogP contribution in [0.1, 0.15) is 25.7 Å². The van der Waals surface area contributed by atoms with E-state index in [2.05, 4.69) is 11.8 Å². The molecular weight excluding hydrogens is 393 g/mol. The maximum absolute atomic E-state index is 13.7. The van der Waals surface area contributed by atoms with Crippen LogP contribution in [0.5, 0.6) is 0 Å². The zero-order chi connectivity index (χ0) is 20.3. The molecule has 0 aliphatic carbocycles. The topological polar surface area (TPSA) is 72.1 Å². The van der Waals surface area contributed by atoms with Crippen molar-refractivity contribution in [2.75, 3.05) is 13.2 Å². The Balaban J connectivity index is 1.82. The quantitative estimate of drug-likeness (QED) is 0.565. The van der Waals surface area contributed by atoms with Crippen LogP contribution in [0.15, 0.2) is 23.1 Å². The molecular formula is C19H13F3N2O3S. The lowest BCUT2D eigenvalue weighted by Gasteiger charge is -2.19. The molecule has 0 unspecified atom stereocenters. The Morgan fingerprint density at radius 3 is 2.75 bits per heavy atom. The van der Waals surface area contributed by atoms with Gasteiger partial charge in [0.25, 0.3) is 12.0 Å². The summed E-state index contributed by atoms with van der Waals surface area (Å²) in [5.74, 6) is 4.30. The van der Waals surface area contributed by atoms with Gasteiger partial charge in [-0.3, -0.25) is 9.59 Å². The molecule has 28 heavy (non-hydrogen) atoms. The number of Topliss-reactive ketones (excluding diaryl/α,β-unsaturated/α-hetero) is 1. The van der Waals surface area contributed by atoms with E-state index in [1.54, 1.807) is 0 Å². The van der Waals surface area contributed by atoms with Gasteiger partial charge in [-0.05, 0) is 17.7 Å². The van der Waals surface area contributed by atoms with E-state index in [-0.39, 0.29) is 27.7 Å². The number of carbonyl (C=O) groups excluding carboxylic acids is 1. The molecule has 1 fully saturated rings. The summed E-state index contributed by atoms with van der Waals surface area (Å²) >= 11 is 0.960. The number of nitriles is 1. The third kappa shape index (κ3) is 4.50. The molecule has 0 amide bonds. The molecule has 1 saturated heterocycles. The maximum atomic E-state index is 13.7. The highest BCUT2D eigenvalue weighted by Crippen LogP contribution is 2.23. The average Bonchev–Trinajstić information content (AvgIpc) is 3.01. The Morgan fingerprint density at radius 1 is 1.39 bits per heavy atom. The molecule has 0 saturated carbocycles. The number of alkyl halides is 2. The molecule has 1 aliphatic heterocycles. The van der Waals surface area contributed by atoms with Gasteiger partial charge in [-0.25, -0.2) is 13.2 Å². The SMILES string of the molecule is N#Cc1sc(C(=O)Cc2cc(F)c(=O)n(CC(F)F)c2)cc1C#CC1COC1. The van der Waals surface area contributed by atoms with E-state index in [1.165, 1.54) is 6.07 Å². The predicted molar refractivity (Wildman–Crippen MR) is 94.9 cm³/mol.